The van der Waals surface area contributed by atoms with Crippen molar-refractivity contribution in [1.29, 1.82) is 0 Å². The van der Waals surface area contributed by atoms with Gasteiger partial charge in [0, 0.05) is 0 Å². The normalized spacial score (nSPS) is 24.3. The lowest BCUT2D eigenvalue weighted by Crippen LogP contribution is -2.24. The zero-order valence-electron chi connectivity index (χ0n) is 10.1. The topological polar surface area (TPSA) is 46.5 Å². The Morgan fingerprint density at radius 2 is 2.00 bits per heavy atom. The SMILES string of the molecule is CC1CCCC(Oc2ccc(C(=O)O)cc2)C1. The molecule has 1 aliphatic carbocycles. The summed E-state index contributed by atoms with van der Waals surface area (Å²) in [5, 5.41) is 8.79. The monoisotopic (exact) mass is 234 g/mol. The van der Waals surface area contributed by atoms with Gasteiger partial charge in [-0.3, -0.25) is 0 Å². The number of aromatic carboxylic acids is 1. The maximum atomic E-state index is 10.7. The molecule has 0 amide bonds. The van der Waals surface area contributed by atoms with Crippen LogP contribution in [0.2, 0.25) is 0 Å². The smallest absolute Gasteiger partial charge is 0.335 e. The molecule has 3 nitrogen and oxygen atoms in total. The van der Waals surface area contributed by atoms with Crippen LogP contribution in [-0.4, -0.2) is 17.2 Å². The van der Waals surface area contributed by atoms with E-state index in [1.165, 1.54) is 12.8 Å². The van der Waals surface area contributed by atoms with Gasteiger partial charge in [0.05, 0.1) is 11.7 Å². The molecule has 0 heterocycles. The van der Waals surface area contributed by atoms with Crippen molar-refractivity contribution in [2.24, 2.45) is 5.92 Å². The molecule has 1 saturated carbocycles. The Hall–Kier alpha value is -1.51. The van der Waals surface area contributed by atoms with Crippen LogP contribution in [0.15, 0.2) is 24.3 Å². The summed E-state index contributed by atoms with van der Waals surface area (Å²) in [5.74, 6) is 0.601. The van der Waals surface area contributed by atoms with Crippen molar-refractivity contribution < 1.29 is 14.6 Å². The lowest BCUT2D eigenvalue weighted by atomic mass is 9.89. The first kappa shape index (κ1) is 12.0. The second-order valence-corrected chi connectivity index (χ2v) is 4.84. The number of carboxylic acid groups (broad SMARTS) is 1. The van der Waals surface area contributed by atoms with E-state index < -0.39 is 5.97 Å². The highest BCUT2D eigenvalue weighted by atomic mass is 16.5. The van der Waals surface area contributed by atoms with Gasteiger partial charge in [-0.25, -0.2) is 4.79 Å². The first-order chi connectivity index (χ1) is 8.15. The fourth-order valence-electron chi connectivity index (χ4n) is 2.35. The molecule has 1 aromatic rings. The number of ether oxygens (including phenoxy) is 1. The van der Waals surface area contributed by atoms with Crippen LogP contribution in [0.4, 0.5) is 0 Å². The molecule has 2 unspecified atom stereocenters. The Labute approximate surface area is 101 Å². The summed E-state index contributed by atoms with van der Waals surface area (Å²) in [6, 6.07) is 6.65. The third-order valence-electron chi connectivity index (χ3n) is 3.29. The Bertz CT molecular complexity index is 383. The molecule has 1 fully saturated rings. The van der Waals surface area contributed by atoms with Crippen LogP contribution in [0.3, 0.4) is 0 Å². The van der Waals surface area contributed by atoms with Crippen LogP contribution in [-0.2, 0) is 0 Å². The van der Waals surface area contributed by atoms with Gasteiger partial charge in [0.25, 0.3) is 0 Å². The minimum atomic E-state index is -0.900. The quantitative estimate of drug-likeness (QED) is 0.872. The number of carbonyl (C=O) groups is 1. The lowest BCUT2D eigenvalue weighted by Gasteiger charge is -2.27. The van der Waals surface area contributed by atoms with Crippen LogP contribution < -0.4 is 4.74 Å². The number of hydrogen-bond donors (Lipinski definition) is 1. The van der Waals surface area contributed by atoms with E-state index in [0.717, 1.165) is 24.5 Å². The van der Waals surface area contributed by atoms with Gasteiger partial charge < -0.3 is 9.84 Å². The first-order valence-electron chi connectivity index (χ1n) is 6.15. The summed E-state index contributed by atoms with van der Waals surface area (Å²) in [4.78, 5) is 10.7. The maximum Gasteiger partial charge on any atom is 0.335 e. The molecule has 2 atom stereocenters. The lowest BCUT2D eigenvalue weighted by molar-refractivity contribution is 0.0697. The fraction of sp³-hybridized carbons (Fsp3) is 0.500. The second-order valence-electron chi connectivity index (χ2n) is 4.84. The van der Waals surface area contributed by atoms with Gasteiger partial charge in [0.2, 0.25) is 0 Å². The summed E-state index contributed by atoms with van der Waals surface area (Å²) in [5.41, 5.74) is 0.300. The van der Waals surface area contributed by atoms with E-state index in [1.54, 1.807) is 24.3 Å². The van der Waals surface area contributed by atoms with Gasteiger partial charge in [-0.2, -0.15) is 0 Å². The predicted octanol–water partition coefficient (Wildman–Crippen LogP) is 3.34. The van der Waals surface area contributed by atoms with Crippen LogP contribution in [0.5, 0.6) is 5.75 Å². The van der Waals surface area contributed by atoms with Crippen molar-refractivity contribution in [2.45, 2.75) is 38.7 Å². The van der Waals surface area contributed by atoms with E-state index >= 15 is 0 Å². The average molecular weight is 234 g/mol. The molecule has 17 heavy (non-hydrogen) atoms. The van der Waals surface area contributed by atoms with Crippen LogP contribution in [0.1, 0.15) is 43.0 Å². The van der Waals surface area contributed by atoms with Gasteiger partial charge >= 0.3 is 5.97 Å². The van der Waals surface area contributed by atoms with Crippen molar-refractivity contribution in [3.63, 3.8) is 0 Å². The Kier molecular flexibility index (Phi) is 3.67. The molecule has 0 aromatic heterocycles. The molecular weight excluding hydrogens is 216 g/mol. The highest BCUT2D eigenvalue weighted by molar-refractivity contribution is 5.87. The molecule has 0 aliphatic heterocycles. The number of hydrogen-bond acceptors (Lipinski definition) is 2. The third-order valence-corrected chi connectivity index (χ3v) is 3.29. The summed E-state index contributed by atoms with van der Waals surface area (Å²) < 4.78 is 5.87. The van der Waals surface area contributed by atoms with E-state index in [9.17, 15) is 4.79 Å². The van der Waals surface area contributed by atoms with Crippen molar-refractivity contribution in [2.75, 3.05) is 0 Å². The van der Waals surface area contributed by atoms with E-state index in [-0.39, 0.29) is 6.10 Å². The first-order valence-corrected chi connectivity index (χ1v) is 6.15. The summed E-state index contributed by atoms with van der Waals surface area (Å²) in [6.45, 7) is 2.25. The standard InChI is InChI=1S/C14H18O3/c1-10-3-2-4-13(9-10)17-12-7-5-11(6-8-12)14(15)16/h5-8,10,13H,2-4,9H2,1H3,(H,15,16). The van der Waals surface area contributed by atoms with Gasteiger partial charge in [0.1, 0.15) is 5.75 Å². The van der Waals surface area contributed by atoms with Crippen molar-refractivity contribution in [3.05, 3.63) is 29.8 Å². The zero-order valence-corrected chi connectivity index (χ0v) is 10.1. The molecule has 0 saturated heterocycles. The molecule has 0 radical (unpaired) electrons. The predicted molar refractivity (Wildman–Crippen MR) is 65.4 cm³/mol. The molecule has 1 aliphatic rings. The summed E-state index contributed by atoms with van der Waals surface area (Å²) in [7, 11) is 0. The highest BCUT2D eigenvalue weighted by Crippen LogP contribution is 2.27. The maximum absolute atomic E-state index is 10.7. The molecular formula is C14H18O3. The zero-order chi connectivity index (χ0) is 12.3. The Morgan fingerprint density at radius 1 is 1.29 bits per heavy atom. The third kappa shape index (κ3) is 3.22. The molecule has 2 rings (SSSR count). The molecule has 3 heteroatoms. The second kappa shape index (κ2) is 5.21. The van der Waals surface area contributed by atoms with Gasteiger partial charge in [-0.1, -0.05) is 13.3 Å². The van der Waals surface area contributed by atoms with E-state index in [1.807, 2.05) is 0 Å². The minimum absolute atomic E-state index is 0.287. The molecule has 1 N–H and O–H groups in total. The minimum Gasteiger partial charge on any atom is -0.490 e. The van der Waals surface area contributed by atoms with E-state index in [0.29, 0.717) is 5.56 Å². The van der Waals surface area contributed by atoms with Crippen molar-refractivity contribution in [1.82, 2.24) is 0 Å². The van der Waals surface area contributed by atoms with Crippen LogP contribution >= 0.6 is 0 Å². The fourth-order valence-corrected chi connectivity index (χ4v) is 2.35. The van der Waals surface area contributed by atoms with Gasteiger partial charge in [-0.05, 0) is 49.4 Å². The Morgan fingerprint density at radius 3 is 2.59 bits per heavy atom. The number of carboxylic acids is 1. The van der Waals surface area contributed by atoms with Crippen molar-refractivity contribution in [3.8, 4) is 5.75 Å². The Balaban J connectivity index is 1.96. The van der Waals surface area contributed by atoms with Crippen LogP contribution in [0, 0.1) is 5.92 Å². The van der Waals surface area contributed by atoms with Gasteiger partial charge in [0.15, 0.2) is 0 Å². The van der Waals surface area contributed by atoms with E-state index in [4.69, 9.17) is 9.84 Å². The number of benzene rings is 1. The number of rotatable bonds is 3. The van der Waals surface area contributed by atoms with Gasteiger partial charge in [-0.15, -0.1) is 0 Å². The largest absolute Gasteiger partial charge is 0.490 e. The molecule has 0 spiro atoms. The highest BCUT2D eigenvalue weighted by Gasteiger charge is 2.20. The summed E-state index contributed by atoms with van der Waals surface area (Å²) >= 11 is 0. The van der Waals surface area contributed by atoms with Crippen molar-refractivity contribution >= 4 is 5.97 Å². The molecule has 92 valence electrons. The molecule has 0 bridgehead atoms. The average Bonchev–Trinajstić information content (AvgIpc) is 2.29. The molecule has 1 aromatic carbocycles. The van der Waals surface area contributed by atoms with E-state index in [2.05, 4.69) is 6.92 Å². The summed E-state index contributed by atoms with van der Waals surface area (Å²) in [6.07, 6.45) is 5.00. The van der Waals surface area contributed by atoms with Crippen LogP contribution in [0.25, 0.3) is 0 Å².